The van der Waals surface area contributed by atoms with Crippen LogP contribution in [0, 0.1) is 10.1 Å². The molecule has 2 aromatic carbocycles. The van der Waals surface area contributed by atoms with Crippen molar-refractivity contribution in [2.45, 2.75) is 0 Å². The van der Waals surface area contributed by atoms with Crippen LogP contribution >= 0.6 is 0 Å². The van der Waals surface area contributed by atoms with Crippen LogP contribution in [0.1, 0.15) is 0 Å². The van der Waals surface area contributed by atoms with E-state index in [1.54, 1.807) is 0 Å². The van der Waals surface area contributed by atoms with E-state index in [4.69, 9.17) is 0 Å². The summed E-state index contributed by atoms with van der Waals surface area (Å²) in [6, 6.07) is 6.95. The lowest BCUT2D eigenvalue weighted by atomic mass is 10.1. The molecule has 0 bridgehead atoms. The number of hydrogen-bond donors (Lipinski definition) is 2. The molecule has 0 saturated heterocycles. The van der Waals surface area contributed by atoms with E-state index in [9.17, 15) is 20.3 Å². The SMILES string of the molecule is O=[N+]([O-])c1cccc2c(O)c(O)ccc12. The number of rotatable bonds is 1. The first-order valence-electron chi connectivity index (χ1n) is 4.19. The van der Waals surface area contributed by atoms with E-state index in [-0.39, 0.29) is 22.6 Å². The molecule has 0 atom stereocenters. The third kappa shape index (κ3) is 1.34. The molecule has 0 fully saturated rings. The van der Waals surface area contributed by atoms with Crippen LogP contribution in [-0.4, -0.2) is 15.1 Å². The highest BCUT2D eigenvalue weighted by Crippen LogP contribution is 2.36. The highest BCUT2D eigenvalue weighted by atomic mass is 16.6. The summed E-state index contributed by atoms with van der Waals surface area (Å²) in [4.78, 5) is 10.1. The van der Waals surface area contributed by atoms with Crippen molar-refractivity contribution in [1.82, 2.24) is 0 Å². The summed E-state index contributed by atoms with van der Waals surface area (Å²) in [5, 5.41) is 30.0. The van der Waals surface area contributed by atoms with Gasteiger partial charge in [-0.1, -0.05) is 12.1 Å². The molecule has 2 aromatic rings. The third-order valence-corrected chi connectivity index (χ3v) is 2.19. The van der Waals surface area contributed by atoms with Gasteiger partial charge in [0.1, 0.15) is 0 Å². The van der Waals surface area contributed by atoms with Crippen LogP contribution in [0.25, 0.3) is 10.8 Å². The molecule has 15 heavy (non-hydrogen) atoms. The van der Waals surface area contributed by atoms with Crippen LogP contribution in [0.4, 0.5) is 5.69 Å². The van der Waals surface area contributed by atoms with Gasteiger partial charge in [0.15, 0.2) is 11.5 Å². The third-order valence-electron chi connectivity index (χ3n) is 2.19. The summed E-state index contributed by atoms with van der Waals surface area (Å²) < 4.78 is 0. The first-order valence-corrected chi connectivity index (χ1v) is 4.19. The molecule has 0 spiro atoms. The number of non-ortho nitro benzene ring substituents is 1. The first-order chi connectivity index (χ1) is 7.11. The minimum Gasteiger partial charge on any atom is -0.504 e. The number of phenolic OH excluding ortho intramolecular Hbond substituents is 2. The quantitative estimate of drug-likeness (QED) is 0.424. The molecule has 0 unspecified atom stereocenters. The van der Waals surface area contributed by atoms with E-state index >= 15 is 0 Å². The number of hydrogen-bond acceptors (Lipinski definition) is 4. The average molecular weight is 205 g/mol. The molecule has 0 saturated carbocycles. The highest BCUT2D eigenvalue weighted by Gasteiger charge is 2.14. The summed E-state index contributed by atoms with van der Waals surface area (Å²) in [6.07, 6.45) is 0. The number of benzene rings is 2. The molecule has 2 N–H and O–H groups in total. The zero-order chi connectivity index (χ0) is 11.0. The Hall–Kier alpha value is -2.30. The second kappa shape index (κ2) is 3.13. The zero-order valence-electron chi connectivity index (χ0n) is 7.54. The monoisotopic (exact) mass is 205 g/mol. The molecule has 2 rings (SSSR count). The lowest BCUT2D eigenvalue weighted by Gasteiger charge is -2.03. The number of nitro groups is 1. The molecular weight excluding hydrogens is 198 g/mol. The summed E-state index contributed by atoms with van der Waals surface area (Å²) >= 11 is 0. The summed E-state index contributed by atoms with van der Waals surface area (Å²) in [7, 11) is 0. The minimum atomic E-state index is -0.529. The first kappa shape index (κ1) is 9.26. The Labute approximate surface area is 84.4 Å². The number of nitrogens with zero attached hydrogens (tertiary/aromatic N) is 1. The van der Waals surface area contributed by atoms with Gasteiger partial charge in [-0.2, -0.15) is 0 Å². The molecule has 0 amide bonds. The average Bonchev–Trinajstić information content (AvgIpc) is 2.23. The standard InChI is InChI=1S/C10H7NO4/c12-9-5-4-6-7(10(9)13)2-1-3-8(6)11(14)15/h1-5,12-13H. The fourth-order valence-electron chi connectivity index (χ4n) is 1.47. The van der Waals surface area contributed by atoms with Gasteiger partial charge in [0.05, 0.1) is 10.3 Å². The van der Waals surface area contributed by atoms with Gasteiger partial charge in [-0.3, -0.25) is 10.1 Å². The maximum atomic E-state index is 10.7. The van der Waals surface area contributed by atoms with Gasteiger partial charge in [0.25, 0.3) is 5.69 Å². The number of phenols is 2. The predicted octanol–water partition coefficient (Wildman–Crippen LogP) is 2.16. The second-order valence-corrected chi connectivity index (χ2v) is 3.06. The van der Waals surface area contributed by atoms with Gasteiger partial charge in [-0.05, 0) is 12.1 Å². The Morgan fingerprint density at radius 2 is 1.80 bits per heavy atom. The fourth-order valence-corrected chi connectivity index (χ4v) is 1.47. The van der Waals surface area contributed by atoms with Crippen molar-refractivity contribution in [3.63, 3.8) is 0 Å². The zero-order valence-corrected chi connectivity index (χ0v) is 7.54. The Balaban J connectivity index is 2.89. The van der Waals surface area contributed by atoms with Crippen LogP contribution in [0.15, 0.2) is 30.3 Å². The van der Waals surface area contributed by atoms with Crippen molar-refractivity contribution in [3.05, 3.63) is 40.4 Å². The normalized spacial score (nSPS) is 10.4. The highest BCUT2D eigenvalue weighted by molar-refractivity contribution is 5.96. The van der Waals surface area contributed by atoms with Crippen LogP contribution in [0.3, 0.4) is 0 Å². The van der Waals surface area contributed by atoms with Gasteiger partial charge in [0.2, 0.25) is 0 Å². The van der Waals surface area contributed by atoms with Gasteiger partial charge >= 0.3 is 0 Å². The van der Waals surface area contributed by atoms with Crippen molar-refractivity contribution in [3.8, 4) is 11.5 Å². The maximum absolute atomic E-state index is 10.7. The summed E-state index contributed by atoms with van der Waals surface area (Å²) in [5.74, 6) is -0.626. The van der Waals surface area contributed by atoms with Gasteiger partial charge < -0.3 is 10.2 Å². The van der Waals surface area contributed by atoms with Crippen LogP contribution < -0.4 is 0 Å². The Morgan fingerprint density at radius 3 is 2.47 bits per heavy atom. The van der Waals surface area contributed by atoms with Crippen LogP contribution in [0.2, 0.25) is 0 Å². The lowest BCUT2D eigenvalue weighted by Crippen LogP contribution is -1.89. The van der Waals surface area contributed by atoms with E-state index in [0.717, 1.165) is 0 Å². The molecule has 0 aliphatic heterocycles. The molecule has 0 radical (unpaired) electrons. The molecule has 0 aromatic heterocycles. The molecule has 5 heteroatoms. The van der Waals surface area contributed by atoms with Crippen molar-refractivity contribution in [2.24, 2.45) is 0 Å². The van der Waals surface area contributed by atoms with E-state index in [0.29, 0.717) is 5.39 Å². The smallest absolute Gasteiger partial charge is 0.277 e. The van der Waals surface area contributed by atoms with Crippen molar-refractivity contribution < 1.29 is 15.1 Å². The maximum Gasteiger partial charge on any atom is 0.277 e. The second-order valence-electron chi connectivity index (χ2n) is 3.06. The Morgan fingerprint density at radius 1 is 1.07 bits per heavy atom. The van der Waals surface area contributed by atoms with Crippen LogP contribution in [-0.2, 0) is 0 Å². The number of fused-ring (bicyclic) bond motifs is 1. The molecule has 5 nitrogen and oxygen atoms in total. The topological polar surface area (TPSA) is 83.6 Å². The van der Waals surface area contributed by atoms with E-state index in [2.05, 4.69) is 0 Å². The predicted molar refractivity (Wildman–Crippen MR) is 53.9 cm³/mol. The largest absolute Gasteiger partial charge is 0.504 e. The number of nitro benzene ring substituents is 1. The van der Waals surface area contributed by atoms with E-state index in [1.807, 2.05) is 0 Å². The lowest BCUT2D eigenvalue weighted by molar-refractivity contribution is -0.383. The Kier molecular flexibility index (Phi) is 1.93. The number of aromatic hydroxyl groups is 2. The molecule has 76 valence electrons. The van der Waals surface area contributed by atoms with Crippen LogP contribution in [0.5, 0.6) is 11.5 Å². The van der Waals surface area contributed by atoms with E-state index in [1.165, 1.54) is 30.3 Å². The molecule has 0 heterocycles. The molecular formula is C10H7NO4. The minimum absolute atomic E-state index is 0.0946. The molecule has 0 aliphatic carbocycles. The van der Waals surface area contributed by atoms with Gasteiger partial charge in [-0.25, -0.2) is 0 Å². The van der Waals surface area contributed by atoms with Crippen molar-refractivity contribution >= 4 is 16.5 Å². The van der Waals surface area contributed by atoms with Crippen molar-refractivity contribution in [2.75, 3.05) is 0 Å². The van der Waals surface area contributed by atoms with Gasteiger partial charge in [0, 0.05) is 11.5 Å². The summed E-state index contributed by atoms with van der Waals surface area (Å²) in [6.45, 7) is 0. The Bertz CT molecular complexity index is 550. The van der Waals surface area contributed by atoms with Crippen molar-refractivity contribution in [1.29, 1.82) is 0 Å². The molecule has 0 aliphatic rings. The van der Waals surface area contributed by atoms with E-state index < -0.39 is 4.92 Å². The summed E-state index contributed by atoms with van der Waals surface area (Å²) in [5.41, 5.74) is -0.0946. The van der Waals surface area contributed by atoms with Gasteiger partial charge in [-0.15, -0.1) is 0 Å². The fraction of sp³-hybridized carbons (Fsp3) is 0.